The van der Waals surface area contributed by atoms with E-state index in [9.17, 15) is 0 Å². The van der Waals surface area contributed by atoms with Gasteiger partial charge in [-0.25, -0.2) is 0 Å². The molecule has 1 N–H and O–H groups in total. The van der Waals surface area contributed by atoms with Gasteiger partial charge in [-0.1, -0.05) is 18.5 Å². The van der Waals surface area contributed by atoms with Gasteiger partial charge < -0.3 is 15.0 Å². The molecule has 0 spiro atoms. The number of nitrogens with one attached hydrogen (secondary N) is 1. The first-order valence-corrected chi connectivity index (χ1v) is 7.20. The maximum atomic E-state index is 6.16. The molecular formula is C15H23ClN2O. The molecule has 0 saturated carbocycles. The Morgan fingerprint density at radius 2 is 2.21 bits per heavy atom. The van der Waals surface area contributed by atoms with E-state index in [2.05, 4.69) is 31.0 Å². The van der Waals surface area contributed by atoms with E-state index in [1.807, 2.05) is 18.2 Å². The third-order valence-corrected chi connectivity index (χ3v) is 3.98. The number of halogens is 1. The lowest BCUT2D eigenvalue weighted by Gasteiger charge is -2.46. The first-order valence-electron chi connectivity index (χ1n) is 6.82. The van der Waals surface area contributed by atoms with Crippen molar-refractivity contribution >= 4 is 17.3 Å². The second-order valence-corrected chi connectivity index (χ2v) is 6.21. The normalized spacial score (nSPS) is 22.4. The van der Waals surface area contributed by atoms with Gasteiger partial charge in [0, 0.05) is 29.7 Å². The molecule has 19 heavy (non-hydrogen) atoms. The van der Waals surface area contributed by atoms with Crippen LogP contribution in [0.25, 0.3) is 0 Å². The second-order valence-electron chi connectivity index (χ2n) is 5.77. The van der Waals surface area contributed by atoms with E-state index in [4.69, 9.17) is 16.3 Å². The van der Waals surface area contributed by atoms with Crippen molar-refractivity contribution in [2.45, 2.75) is 38.8 Å². The molecule has 1 saturated heterocycles. The number of hydrogen-bond donors (Lipinski definition) is 1. The SMILES string of the molecule is CCC1CNC(C)(C)CN1c1cc(Cl)ccc1OC. The lowest BCUT2D eigenvalue weighted by molar-refractivity contribution is 0.303. The highest BCUT2D eigenvalue weighted by atomic mass is 35.5. The summed E-state index contributed by atoms with van der Waals surface area (Å²) >= 11 is 6.16. The van der Waals surface area contributed by atoms with E-state index in [0.29, 0.717) is 6.04 Å². The van der Waals surface area contributed by atoms with E-state index in [0.717, 1.165) is 36.0 Å². The van der Waals surface area contributed by atoms with Gasteiger partial charge in [-0.05, 0) is 38.5 Å². The third kappa shape index (κ3) is 3.15. The fourth-order valence-corrected chi connectivity index (χ4v) is 2.82. The van der Waals surface area contributed by atoms with Gasteiger partial charge in [0.05, 0.1) is 12.8 Å². The first kappa shape index (κ1) is 14.5. The molecule has 2 rings (SSSR count). The van der Waals surface area contributed by atoms with Crippen LogP contribution in [0.4, 0.5) is 5.69 Å². The molecule has 0 bridgehead atoms. The van der Waals surface area contributed by atoms with Crippen molar-refractivity contribution in [2.24, 2.45) is 0 Å². The van der Waals surface area contributed by atoms with Gasteiger partial charge in [-0.2, -0.15) is 0 Å². The molecule has 1 aromatic carbocycles. The van der Waals surface area contributed by atoms with Gasteiger partial charge in [0.15, 0.2) is 0 Å². The van der Waals surface area contributed by atoms with Gasteiger partial charge in [0.25, 0.3) is 0 Å². The zero-order valence-electron chi connectivity index (χ0n) is 12.2. The van der Waals surface area contributed by atoms with E-state index in [1.165, 1.54) is 0 Å². The number of ether oxygens (including phenoxy) is 1. The molecule has 3 nitrogen and oxygen atoms in total. The highest BCUT2D eigenvalue weighted by Gasteiger charge is 2.33. The van der Waals surface area contributed by atoms with Crippen molar-refractivity contribution in [3.05, 3.63) is 23.2 Å². The summed E-state index contributed by atoms with van der Waals surface area (Å²) in [6.07, 6.45) is 1.10. The molecule has 1 fully saturated rings. The molecule has 4 heteroatoms. The number of rotatable bonds is 3. The summed E-state index contributed by atoms with van der Waals surface area (Å²) in [6.45, 7) is 8.60. The van der Waals surface area contributed by atoms with Crippen molar-refractivity contribution in [3.63, 3.8) is 0 Å². The molecule has 1 aromatic rings. The third-order valence-electron chi connectivity index (χ3n) is 3.74. The van der Waals surface area contributed by atoms with Crippen LogP contribution in [0.1, 0.15) is 27.2 Å². The molecular weight excluding hydrogens is 260 g/mol. The maximum Gasteiger partial charge on any atom is 0.142 e. The van der Waals surface area contributed by atoms with Crippen LogP contribution in [-0.4, -0.2) is 31.8 Å². The van der Waals surface area contributed by atoms with Gasteiger partial charge in [0.1, 0.15) is 5.75 Å². The Kier molecular flexibility index (Phi) is 4.26. The van der Waals surface area contributed by atoms with Crippen LogP contribution < -0.4 is 15.0 Å². The first-order chi connectivity index (χ1) is 8.96. The molecule has 1 atom stereocenters. The van der Waals surface area contributed by atoms with Gasteiger partial charge in [-0.15, -0.1) is 0 Å². The summed E-state index contributed by atoms with van der Waals surface area (Å²) in [7, 11) is 1.71. The van der Waals surface area contributed by atoms with Crippen molar-refractivity contribution in [2.75, 3.05) is 25.1 Å². The van der Waals surface area contributed by atoms with Gasteiger partial charge in [-0.3, -0.25) is 0 Å². The molecule has 0 aromatic heterocycles. The Labute approximate surface area is 120 Å². The number of nitrogens with zero attached hydrogens (tertiary/aromatic N) is 1. The monoisotopic (exact) mass is 282 g/mol. The van der Waals surface area contributed by atoms with Crippen molar-refractivity contribution in [1.82, 2.24) is 5.32 Å². The minimum Gasteiger partial charge on any atom is -0.495 e. The number of piperazine rings is 1. The summed E-state index contributed by atoms with van der Waals surface area (Å²) in [5.41, 5.74) is 1.19. The Hall–Kier alpha value is -0.930. The average Bonchev–Trinajstić information content (AvgIpc) is 2.37. The highest BCUT2D eigenvalue weighted by Crippen LogP contribution is 2.35. The zero-order chi connectivity index (χ0) is 14.0. The van der Waals surface area contributed by atoms with E-state index >= 15 is 0 Å². The van der Waals surface area contributed by atoms with Crippen molar-refractivity contribution in [3.8, 4) is 5.75 Å². The Morgan fingerprint density at radius 1 is 1.47 bits per heavy atom. The molecule has 0 radical (unpaired) electrons. The molecule has 0 aliphatic carbocycles. The number of benzene rings is 1. The summed E-state index contributed by atoms with van der Waals surface area (Å²) < 4.78 is 5.49. The summed E-state index contributed by atoms with van der Waals surface area (Å²) in [5, 5.41) is 4.35. The number of anilines is 1. The van der Waals surface area contributed by atoms with Gasteiger partial charge in [0.2, 0.25) is 0 Å². The predicted molar refractivity (Wildman–Crippen MR) is 81.5 cm³/mol. The fraction of sp³-hybridized carbons (Fsp3) is 0.600. The van der Waals surface area contributed by atoms with Gasteiger partial charge >= 0.3 is 0 Å². The predicted octanol–water partition coefficient (Wildman–Crippen LogP) is 3.32. The second kappa shape index (κ2) is 5.59. The molecule has 1 aliphatic rings. The van der Waals surface area contributed by atoms with Crippen molar-refractivity contribution in [1.29, 1.82) is 0 Å². The topological polar surface area (TPSA) is 24.5 Å². The Balaban J connectivity index is 2.38. The molecule has 1 heterocycles. The van der Waals surface area contributed by atoms with E-state index in [1.54, 1.807) is 7.11 Å². The Bertz CT molecular complexity index is 448. The molecule has 1 unspecified atom stereocenters. The molecule has 106 valence electrons. The molecule has 0 amide bonds. The summed E-state index contributed by atoms with van der Waals surface area (Å²) in [5.74, 6) is 0.889. The largest absolute Gasteiger partial charge is 0.495 e. The number of hydrogen-bond acceptors (Lipinski definition) is 3. The quantitative estimate of drug-likeness (QED) is 0.920. The standard InChI is InChI=1S/C15H23ClN2O/c1-5-12-9-17-15(2,3)10-18(12)13-8-11(16)6-7-14(13)19-4/h6-8,12,17H,5,9-10H2,1-4H3. The van der Waals surface area contributed by atoms with E-state index < -0.39 is 0 Å². The summed E-state index contributed by atoms with van der Waals surface area (Å²) in [4.78, 5) is 2.42. The lowest BCUT2D eigenvalue weighted by Crippen LogP contribution is -2.61. The Morgan fingerprint density at radius 3 is 2.84 bits per heavy atom. The maximum absolute atomic E-state index is 6.16. The van der Waals surface area contributed by atoms with Crippen LogP contribution in [0.3, 0.4) is 0 Å². The lowest BCUT2D eigenvalue weighted by atomic mass is 9.96. The smallest absolute Gasteiger partial charge is 0.142 e. The highest BCUT2D eigenvalue weighted by molar-refractivity contribution is 6.30. The fourth-order valence-electron chi connectivity index (χ4n) is 2.65. The minimum atomic E-state index is 0.0962. The minimum absolute atomic E-state index is 0.0962. The molecule has 1 aliphatic heterocycles. The van der Waals surface area contributed by atoms with Crippen LogP contribution in [0, 0.1) is 0 Å². The van der Waals surface area contributed by atoms with Crippen LogP contribution >= 0.6 is 11.6 Å². The van der Waals surface area contributed by atoms with E-state index in [-0.39, 0.29) is 5.54 Å². The summed E-state index contributed by atoms with van der Waals surface area (Å²) in [6, 6.07) is 6.29. The van der Waals surface area contributed by atoms with Crippen LogP contribution in [-0.2, 0) is 0 Å². The van der Waals surface area contributed by atoms with Crippen LogP contribution in [0.15, 0.2) is 18.2 Å². The van der Waals surface area contributed by atoms with Crippen molar-refractivity contribution < 1.29 is 4.74 Å². The number of methoxy groups -OCH3 is 1. The van der Waals surface area contributed by atoms with Crippen LogP contribution in [0.2, 0.25) is 5.02 Å². The van der Waals surface area contributed by atoms with Crippen LogP contribution in [0.5, 0.6) is 5.75 Å². The zero-order valence-corrected chi connectivity index (χ0v) is 12.9. The average molecular weight is 283 g/mol.